The van der Waals surface area contributed by atoms with Gasteiger partial charge in [0.15, 0.2) is 0 Å². The number of anilines is 2. The van der Waals surface area contributed by atoms with Gasteiger partial charge in [-0.05, 0) is 43.2 Å². The molecule has 33 heavy (non-hydrogen) atoms. The Balaban J connectivity index is 1.38. The van der Waals surface area contributed by atoms with Gasteiger partial charge in [-0.2, -0.15) is 0 Å². The molecule has 3 amide bonds. The lowest BCUT2D eigenvalue weighted by Crippen LogP contribution is -2.34. The number of carbonyl (C=O) groups is 3. The number of hydrogen-bond donors (Lipinski definition) is 2. The number of rotatable bonds is 7. The minimum atomic E-state index is -4.09. The van der Waals surface area contributed by atoms with E-state index >= 15 is 0 Å². The van der Waals surface area contributed by atoms with E-state index in [1.807, 2.05) is 12.2 Å². The molecule has 1 aliphatic heterocycles. The normalized spacial score (nSPS) is 20.0. The molecule has 1 fully saturated rings. The lowest BCUT2D eigenvalue weighted by atomic mass is 9.85. The van der Waals surface area contributed by atoms with Gasteiger partial charge in [0.05, 0.1) is 22.4 Å². The van der Waals surface area contributed by atoms with Crippen LogP contribution in [0.2, 0.25) is 0 Å². The summed E-state index contributed by atoms with van der Waals surface area (Å²) in [5, 5.41) is 2.58. The molecule has 10 heteroatoms. The second-order valence-electron chi connectivity index (χ2n) is 7.90. The molecule has 0 spiro atoms. The van der Waals surface area contributed by atoms with Crippen LogP contribution in [0.15, 0.2) is 65.6 Å². The minimum Gasteiger partial charge on any atom is -0.326 e. The van der Waals surface area contributed by atoms with E-state index in [0.717, 1.165) is 11.0 Å². The third-order valence-corrected chi connectivity index (χ3v) is 7.07. The number of likely N-dealkylation sites (tertiary alicyclic amines) is 1. The summed E-state index contributed by atoms with van der Waals surface area (Å²) in [7, 11) is -4.09. The fraction of sp³-hybridized carbons (Fsp3) is 0.261. The predicted octanol–water partition coefficient (Wildman–Crippen LogP) is 2.91. The molecule has 2 atom stereocenters. The highest BCUT2D eigenvalue weighted by atomic mass is 32.2. The van der Waals surface area contributed by atoms with Crippen molar-refractivity contribution in [3.63, 3.8) is 0 Å². The number of hydrogen-bond acceptors (Lipinski definition) is 5. The third kappa shape index (κ3) is 4.80. The Morgan fingerprint density at radius 1 is 1.00 bits per heavy atom. The fourth-order valence-corrected chi connectivity index (χ4v) is 5.13. The molecular weight excluding hydrogens is 449 g/mol. The van der Waals surface area contributed by atoms with Crippen molar-refractivity contribution < 1.29 is 27.2 Å². The zero-order valence-electron chi connectivity index (χ0n) is 17.5. The van der Waals surface area contributed by atoms with Crippen LogP contribution in [0.4, 0.5) is 15.8 Å². The zero-order valence-corrected chi connectivity index (χ0v) is 18.3. The van der Waals surface area contributed by atoms with E-state index in [1.165, 1.54) is 42.5 Å². The van der Waals surface area contributed by atoms with Crippen LogP contribution >= 0.6 is 0 Å². The van der Waals surface area contributed by atoms with Crippen molar-refractivity contribution in [2.24, 2.45) is 11.8 Å². The highest BCUT2D eigenvalue weighted by molar-refractivity contribution is 7.92. The van der Waals surface area contributed by atoms with Crippen molar-refractivity contribution in [3.8, 4) is 0 Å². The van der Waals surface area contributed by atoms with Gasteiger partial charge in [-0.3, -0.25) is 24.0 Å². The van der Waals surface area contributed by atoms with Gasteiger partial charge in [0.2, 0.25) is 17.7 Å². The number of nitrogens with zero attached hydrogens (tertiary/aromatic N) is 1. The Kier molecular flexibility index (Phi) is 6.28. The molecule has 4 rings (SSSR count). The number of imide groups is 1. The van der Waals surface area contributed by atoms with Crippen LogP contribution < -0.4 is 10.0 Å². The molecule has 0 bridgehead atoms. The minimum absolute atomic E-state index is 0.0384. The van der Waals surface area contributed by atoms with Gasteiger partial charge < -0.3 is 5.32 Å². The van der Waals surface area contributed by atoms with Crippen molar-refractivity contribution in [3.05, 3.63) is 66.5 Å². The first kappa shape index (κ1) is 22.7. The molecule has 1 aliphatic carbocycles. The number of nitrogens with one attached hydrogen (secondary N) is 2. The highest BCUT2D eigenvalue weighted by Gasteiger charge is 2.46. The molecular formula is C23H22FN3O5S. The number of allylic oxidation sites excluding steroid dienone is 2. The number of amides is 3. The van der Waals surface area contributed by atoms with Gasteiger partial charge >= 0.3 is 0 Å². The summed E-state index contributed by atoms with van der Waals surface area (Å²) < 4.78 is 41.2. The molecule has 1 heterocycles. The SMILES string of the molecule is O=C(CCN1C(=O)[C@H]2CC=CC[C@@H]2C1=O)Nc1cccc(S(=O)(=O)Nc2ccccc2F)c1. The maximum absolute atomic E-state index is 13.8. The van der Waals surface area contributed by atoms with Crippen molar-refractivity contribution in [2.45, 2.75) is 24.2 Å². The second kappa shape index (κ2) is 9.14. The van der Waals surface area contributed by atoms with Crippen LogP contribution in [0.25, 0.3) is 0 Å². The first-order valence-electron chi connectivity index (χ1n) is 10.4. The largest absolute Gasteiger partial charge is 0.326 e. The van der Waals surface area contributed by atoms with E-state index in [1.54, 1.807) is 0 Å². The summed E-state index contributed by atoms with van der Waals surface area (Å²) in [6, 6.07) is 10.9. The first-order valence-corrected chi connectivity index (χ1v) is 11.9. The Labute approximate surface area is 190 Å². The Morgan fingerprint density at radius 3 is 2.33 bits per heavy atom. The van der Waals surface area contributed by atoms with E-state index in [9.17, 15) is 27.2 Å². The van der Waals surface area contributed by atoms with Crippen molar-refractivity contribution in [1.82, 2.24) is 4.90 Å². The highest BCUT2D eigenvalue weighted by Crippen LogP contribution is 2.35. The molecule has 2 aromatic rings. The average Bonchev–Trinajstić information content (AvgIpc) is 3.04. The van der Waals surface area contributed by atoms with Crippen LogP contribution in [-0.4, -0.2) is 37.6 Å². The quantitative estimate of drug-likeness (QED) is 0.476. The molecule has 0 radical (unpaired) electrons. The van der Waals surface area contributed by atoms with Crippen LogP contribution in [0, 0.1) is 17.7 Å². The van der Waals surface area contributed by atoms with E-state index in [-0.39, 0.29) is 52.9 Å². The standard InChI is InChI=1S/C23H22FN3O5S/c24-19-10-3-4-11-20(19)26-33(31,32)16-7-5-6-15(14-16)25-21(28)12-13-27-22(29)17-8-1-2-9-18(17)23(27)30/h1-7,10-11,14,17-18,26H,8-9,12-13H2,(H,25,28)/t17-,18-/m0/s1. The average molecular weight is 472 g/mol. The number of benzene rings is 2. The Bertz CT molecular complexity index is 1220. The van der Waals surface area contributed by atoms with E-state index < -0.39 is 21.7 Å². The van der Waals surface area contributed by atoms with E-state index in [0.29, 0.717) is 12.8 Å². The molecule has 1 saturated heterocycles. The molecule has 2 N–H and O–H groups in total. The van der Waals surface area contributed by atoms with Crippen molar-refractivity contribution in [1.29, 1.82) is 0 Å². The summed E-state index contributed by atoms with van der Waals surface area (Å²) in [4.78, 5) is 38.4. The molecule has 0 unspecified atom stereocenters. The monoisotopic (exact) mass is 471 g/mol. The molecule has 0 aromatic heterocycles. The number of halogens is 1. The predicted molar refractivity (Wildman–Crippen MR) is 119 cm³/mol. The molecule has 0 saturated carbocycles. The summed E-state index contributed by atoms with van der Waals surface area (Å²) >= 11 is 0. The molecule has 172 valence electrons. The Hall–Kier alpha value is -3.53. The topological polar surface area (TPSA) is 113 Å². The summed E-state index contributed by atoms with van der Waals surface area (Å²) in [6.45, 7) is -0.0384. The maximum Gasteiger partial charge on any atom is 0.262 e. The summed E-state index contributed by atoms with van der Waals surface area (Å²) in [5.41, 5.74) is 0.0241. The summed E-state index contributed by atoms with van der Waals surface area (Å²) in [5.74, 6) is -2.40. The number of carbonyl (C=O) groups excluding carboxylic acids is 3. The van der Waals surface area contributed by atoms with Crippen LogP contribution in [0.3, 0.4) is 0 Å². The van der Waals surface area contributed by atoms with Gasteiger partial charge in [0.1, 0.15) is 5.82 Å². The molecule has 2 aliphatic rings. The van der Waals surface area contributed by atoms with Gasteiger partial charge in [0, 0.05) is 18.7 Å². The van der Waals surface area contributed by atoms with E-state index in [4.69, 9.17) is 0 Å². The van der Waals surface area contributed by atoms with Crippen LogP contribution in [0.1, 0.15) is 19.3 Å². The zero-order chi connectivity index (χ0) is 23.6. The van der Waals surface area contributed by atoms with Crippen molar-refractivity contribution in [2.75, 3.05) is 16.6 Å². The van der Waals surface area contributed by atoms with Gasteiger partial charge in [-0.1, -0.05) is 30.4 Å². The second-order valence-corrected chi connectivity index (χ2v) is 9.58. The number of fused-ring (bicyclic) bond motifs is 1. The lowest BCUT2D eigenvalue weighted by molar-refractivity contribution is -0.140. The lowest BCUT2D eigenvalue weighted by Gasteiger charge is -2.15. The first-order chi connectivity index (χ1) is 15.8. The van der Waals surface area contributed by atoms with Gasteiger partial charge in [-0.25, -0.2) is 12.8 Å². The van der Waals surface area contributed by atoms with Gasteiger partial charge in [-0.15, -0.1) is 0 Å². The van der Waals surface area contributed by atoms with Crippen LogP contribution in [0.5, 0.6) is 0 Å². The maximum atomic E-state index is 13.8. The number of para-hydroxylation sites is 1. The molecule has 2 aromatic carbocycles. The third-order valence-electron chi connectivity index (χ3n) is 5.71. The fourth-order valence-electron chi connectivity index (χ4n) is 4.01. The number of sulfonamides is 1. The molecule has 8 nitrogen and oxygen atoms in total. The summed E-state index contributed by atoms with van der Waals surface area (Å²) in [6.07, 6.45) is 4.73. The van der Waals surface area contributed by atoms with Crippen LogP contribution in [-0.2, 0) is 24.4 Å². The Morgan fingerprint density at radius 2 is 1.67 bits per heavy atom. The van der Waals surface area contributed by atoms with Gasteiger partial charge in [0.25, 0.3) is 10.0 Å². The van der Waals surface area contributed by atoms with E-state index in [2.05, 4.69) is 10.0 Å². The van der Waals surface area contributed by atoms with Crippen molar-refractivity contribution >= 4 is 39.1 Å². The smallest absolute Gasteiger partial charge is 0.262 e.